The molecular weight excluding hydrogens is 336 g/mol. The van der Waals surface area contributed by atoms with Gasteiger partial charge in [0.1, 0.15) is 0 Å². The molecule has 3 unspecified atom stereocenters. The fourth-order valence-corrected chi connectivity index (χ4v) is 5.43. The molecule has 2 N–H and O–H groups in total. The molecule has 27 heavy (non-hydrogen) atoms. The van der Waals surface area contributed by atoms with E-state index < -0.39 is 0 Å². The fraction of sp³-hybridized carbons (Fsp3) is 0.739. The lowest BCUT2D eigenvalue weighted by Crippen LogP contribution is -2.46. The van der Waals surface area contributed by atoms with Gasteiger partial charge in [0, 0.05) is 19.1 Å². The van der Waals surface area contributed by atoms with E-state index in [2.05, 4.69) is 43.5 Å². The summed E-state index contributed by atoms with van der Waals surface area (Å²) in [7, 11) is 3.36. The van der Waals surface area contributed by atoms with Gasteiger partial charge in [-0.3, -0.25) is 0 Å². The second-order valence-electron chi connectivity index (χ2n) is 9.16. The number of rotatable bonds is 10. The van der Waals surface area contributed by atoms with Gasteiger partial charge < -0.3 is 20.1 Å². The summed E-state index contributed by atoms with van der Waals surface area (Å²) in [5, 5.41) is 7.44. The van der Waals surface area contributed by atoms with Gasteiger partial charge in [-0.2, -0.15) is 0 Å². The molecule has 2 aliphatic rings. The Morgan fingerprint density at radius 1 is 1.04 bits per heavy atom. The largest absolute Gasteiger partial charge is 0.493 e. The van der Waals surface area contributed by atoms with E-state index in [1.54, 1.807) is 14.2 Å². The van der Waals surface area contributed by atoms with Crippen LogP contribution in [0.3, 0.4) is 0 Å². The van der Waals surface area contributed by atoms with Crippen LogP contribution in [0.15, 0.2) is 18.2 Å². The molecule has 0 saturated heterocycles. The highest BCUT2D eigenvalue weighted by molar-refractivity contribution is 5.42. The first kappa shape index (κ1) is 20.5. The summed E-state index contributed by atoms with van der Waals surface area (Å²) in [6.45, 7) is 10.6. The van der Waals surface area contributed by atoms with Crippen LogP contribution in [-0.4, -0.2) is 39.9 Å². The van der Waals surface area contributed by atoms with Crippen molar-refractivity contribution in [2.75, 3.05) is 33.9 Å². The van der Waals surface area contributed by atoms with Crippen molar-refractivity contribution in [2.24, 2.45) is 16.7 Å². The molecule has 2 saturated carbocycles. The van der Waals surface area contributed by atoms with Gasteiger partial charge in [0.15, 0.2) is 11.5 Å². The van der Waals surface area contributed by atoms with Crippen LogP contribution in [0.2, 0.25) is 0 Å². The molecule has 2 aliphatic carbocycles. The second-order valence-corrected chi connectivity index (χ2v) is 9.16. The molecule has 0 spiro atoms. The van der Waals surface area contributed by atoms with Crippen molar-refractivity contribution in [3.05, 3.63) is 23.8 Å². The summed E-state index contributed by atoms with van der Waals surface area (Å²) < 4.78 is 10.7. The maximum atomic E-state index is 5.38. The molecule has 1 aromatic carbocycles. The van der Waals surface area contributed by atoms with Gasteiger partial charge in [-0.05, 0) is 73.1 Å². The lowest BCUT2D eigenvalue weighted by atomic mass is 9.69. The number of benzene rings is 1. The summed E-state index contributed by atoms with van der Waals surface area (Å²) >= 11 is 0. The van der Waals surface area contributed by atoms with E-state index in [4.69, 9.17) is 9.47 Å². The minimum absolute atomic E-state index is 0.477. The molecule has 0 amide bonds. The molecule has 2 bridgehead atoms. The lowest BCUT2D eigenvalue weighted by Gasteiger charge is -2.39. The predicted molar refractivity (Wildman–Crippen MR) is 112 cm³/mol. The zero-order valence-electron chi connectivity index (χ0n) is 17.9. The van der Waals surface area contributed by atoms with Crippen LogP contribution < -0.4 is 20.1 Å². The first-order chi connectivity index (χ1) is 12.9. The quantitative estimate of drug-likeness (QED) is 0.607. The molecule has 0 radical (unpaired) electrons. The zero-order valence-corrected chi connectivity index (χ0v) is 17.9. The Bertz CT molecular complexity index is 631. The molecular formula is C23H38N2O2. The van der Waals surface area contributed by atoms with Gasteiger partial charge in [0.25, 0.3) is 0 Å². The number of nitrogens with one attached hydrogen (secondary N) is 2. The monoisotopic (exact) mass is 374 g/mol. The van der Waals surface area contributed by atoms with Crippen molar-refractivity contribution in [3.63, 3.8) is 0 Å². The van der Waals surface area contributed by atoms with Crippen molar-refractivity contribution in [1.29, 1.82) is 0 Å². The van der Waals surface area contributed by atoms with Gasteiger partial charge in [-0.1, -0.05) is 26.8 Å². The average molecular weight is 375 g/mol. The average Bonchev–Trinajstić information content (AvgIpc) is 3.00. The summed E-state index contributed by atoms with van der Waals surface area (Å²) in [5.74, 6) is 2.52. The molecule has 3 rings (SSSR count). The summed E-state index contributed by atoms with van der Waals surface area (Å²) in [4.78, 5) is 0. The van der Waals surface area contributed by atoms with Crippen LogP contribution in [0.5, 0.6) is 11.5 Å². The van der Waals surface area contributed by atoms with Crippen LogP contribution in [0, 0.1) is 16.7 Å². The van der Waals surface area contributed by atoms with Crippen molar-refractivity contribution in [1.82, 2.24) is 10.6 Å². The molecule has 3 atom stereocenters. The van der Waals surface area contributed by atoms with E-state index in [1.807, 2.05) is 6.07 Å². The minimum Gasteiger partial charge on any atom is -0.493 e. The van der Waals surface area contributed by atoms with Gasteiger partial charge in [-0.25, -0.2) is 0 Å². The summed E-state index contributed by atoms with van der Waals surface area (Å²) in [6.07, 6.45) is 6.36. The number of ether oxygens (including phenoxy) is 2. The summed E-state index contributed by atoms with van der Waals surface area (Å²) in [5.41, 5.74) is 2.27. The second kappa shape index (κ2) is 8.40. The van der Waals surface area contributed by atoms with Crippen LogP contribution in [0.1, 0.15) is 52.0 Å². The maximum Gasteiger partial charge on any atom is 0.160 e. The third kappa shape index (κ3) is 3.97. The van der Waals surface area contributed by atoms with Gasteiger partial charge in [0.2, 0.25) is 0 Å². The minimum atomic E-state index is 0.477. The highest BCUT2D eigenvalue weighted by atomic mass is 16.5. The van der Waals surface area contributed by atoms with Crippen molar-refractivity contribution in [2.45, 2.75) is 58.9 Å². The Balaban J connectivity index is 1.32. The molecule has 152 valence electrons. The van der Waals surface area contributed by atoms with Crippen LogP contribution in [0.4, 0.5) is 0 Å². The van der Waals surface area contributed by atoms with E-state index in [0.29, 0.717) is 16.9 Å². The van der Waals surface area contributed by atoms with E-state index in [9.17, 15) is 0 Å². The molecule has 1 aromatic rings. The van der Waals surface area contributed by atoms with Crippen molar-refractivity contribution in [3.8, 4) is 11.5 Å². The Morgan fingerprint density at radius 2 is 1.81 bits per heavy atom. The van der Waals surface area contributed by atoms with Gasteiger partial charge in [-0.15, -0.1) is 0 Å². The molecule has 0 heterocycles. The van der Waals surface area contributed by atoms with Crippen molar-refractivity contribution < 1.29 is 9.47 Å². The lowest BCUT2D eigenvalue weighted by molar-refractivity contribution is 0.121. The first-order valence-corrected chi connectivity index (χ1v) is 10.6. The van der Waals surface area contributed by atoms with Crippen LogP contribution in [-0.2, 0) is 6.42 Å². The smallest absolute Gasteiger partial charge is 0.160 e. The van der Waals surface area contributed by atoms with Crippen LogP contribution >= 0.6 is 0 Å². The maximum absolute atomic E-state index is 5.38. The third-order valence-corrected chi connectivity index (χ3v) is 7.75. The molecule has 2 fully saturated rings. The van der Waals surface area contributed by atoms with E-state index >= 15 is 0 Å². The number of hydrogen-bond donors (Lipinski definition) is 2. The Hall–Kier alpha value is -1.26. The number of aryl methyl sites for hydroxylation is 1. The molecule has 4 nitrogen and oxygen atoms in total. The van der Waals surface area contributed by atoms with Crippen molar-refractivity contribution >= 4 is 0 Å². The zero-order chi connectivity index (χ0) is 19.5. The van der Waals surface area contributed by atoms with E-state index in [1.165, 1.54) is 24.8 Å². The Labute approximate surface area is 165 Å². The normalized spacial score (nSPS) is 28.5. The van der Waals surface area contributed by atoms with Gasteiger partial charge in [0.05, 0.1) is 14.2 Å². The SMILES string of the molecule is COc1ccc(CCCNCCNC2CC3CCC2(C)C3(C)C)cc1OC. The number of hydrogen-bond acceptors (Lipinski definition) is 4. The van der Waals surface area contributed by atoms with E-state index in [-0.39, 0.29) is 0 Å². The Kier molecular flexibility index (Phi) is 6.37. The number of methoxy groups -OCH3 is 2. The summed E-state index contributed by atoms with van der Waals surface area (Å²) in [6, 6.07) is 6.89. The highest BCUT2D eigenvalue weighted by Crippen LogP contribution is 2.65. The molecule has 0 aromatic heterocycles. The number of fused-ring (bicyclic) bond motifs is 2. The first-order valence-electron chi connectivity index (χ1n) is 10.6. The molecule has 4 heteroatoms. The predicted octanol–water partition coefficient (Wildman–Crippen LogP) is 4.03. The van der Waals surface area contributed by atoms with Crippen LogP contribution in [0.25, 0.3) is 0 Å². The fourth-order valence-electron chi connectivity index (χ4n) is 5.43. The van der Waals surface area contributed by atoms with Gasteiger partial charge >= 0.3 is 0 Å². The standard InChI is InChI=1S/C23H38N2O2/c1-22(2)18-10-11-23(22,3)21(16-18)25-14-13-24-12-6-7-17-8-9-19(26-4)20(15-17)27-5/h8-9,15,18,21,24-25H,6-7,10-14,16H2,1-5H3. The third-order valence-electron chi connectivity index (χ3n) is 7.75. The topological polar surface area (TPSA) is 42.5 Å². The Morgan fingerprint density at radius 3 is 2.44 bits per heavy atom. The molecule has 0 aliphatic heterocycles. The van der Waals surface area contributed by atoms with E-state index in [0.717, 1.165) is 49.9 Å². The highest BCUT2D eigenvalue weighted by Gasteiger charge is 2.60.